The van der Waals surface area contributed by atoms with E-state index in [9.17, 15) is 9.59 Å². The zero-order valence-corrected chi connectivity index (χ0v) is 19.4. The van der Waals surface area contributed by atoms with Gasteiger partial charge in [-0.1, -0.05) is 27.6 Å². The standard InChI is InChI=1S/C24H30BrNO3/c1-15-11-16(2)20(24(28)12-15)5-6-23(27)21-13-18(25)14-22(17(21)3)26(4)19-7-9-29-10-8-19/h11,13-14,19H,5-10,12H2,1-4H3. The highest BCUT2D eigenvalue weighted by molar-refractivity contribution is 9.10. The normalized spacial score (nSPS) is 18.1. The van der Waals surface area contributed by atoms with Crippen LogP contribution in [0.15, 0.2) is 39.4 Å². The van der Waals surface area contributed by atoms with Gasteiger partial charge in [-0.25, -0.2) is 0 Å². The molecule has 0 aromatic heterocycles. The largest absolute Gasteiger partial charge is 0.381 e. The van der Waals surface area contributed by atoms with Crippen molar-refractivity contribution in [2.45, 2.75) is 58.9 Å². The third kappa shape index (κ3) is 5.07. The van der Waals surface area contributed by atoms with E-state index in [2.05, 4.69) is 40.0 Å². The monoisotopic (exact) mass is 459 g/mol. The molecule has 0 unspecified atom stereocenters. The third-order valence-electron chi connectivity index (χ3n) is 6.08. The van der Waals surface area contributed by atoms with Crippen LogP contribution < -0.4 is 4.90 Å². The number of carbonyl (C=O) groups excluding carboxylic acids is 2. The van der Waals surface area contributed by atoms with Crippen molar-refractivity contribution in [1.29, 1.82) is 0 Å². The molecule has 1 aliphatic heterocycles. The van der Waals surface area contributed by atoms with E-state index in [0.29, 0.717) is 25.3 Å². The van der Waals surface area contributed by atoms with E-state index in [1.54, 1.807) is 0 Å². The van der Waals surface area contributed by atoms with Gasteiger partial charge in [-0.15, -0.1) is 0 Å². The fraction of sp³-hybridized carbons (Fsp3) is 0.500. The number of nitrogens with zero attached hydrogens (tertiary/aromatic N) is 1. The van der Waals surface area contributed by atoms with Gasteiger partial charge in [0.15, 0.2) is 11.6 Å². The van der Waals surface area contributed by atoms with Crippen LogP contribution in [0.2, 0.25) is 0 Å². The summed E-state index contributed by atoms with van der Waals surface area (Å²) in [5.74, 6) is 0.242. The zero-order valence-electron chi connectivity index (χ0n) is 17.8. The Morgan fingerprint density at radius 3 is 2.55 bits per heavy atom. The van der Waals surface area contributed by atoms with Crippen LogP contribution in [0.4, 0.5) is 5.69 Å². The van der Waals surface area contributed by atoms with Crippen LogP contribution in [0.5, 0.6) is 0 Å². The summed E-state index contributed by atoms with van der Waals surface area (Å²) in [6.45, 7) is 7.53. The number of carbonyl (C=O) groups is 2. The van der Waals surface area contributed by atoms with Crippen LogP contribution in [0.1, 0.15) is 61.9 Å². The molecule has 3 rings (SSSR count). The number of hydrogen-bond donors (Lipinski definition) is 0. The summed E-state index contributed by atoms with van der Waals surface area (Å²) in [5, 5.41) is 0. The summed E-state index contributed by atoms with van der Waals surface area (Å²) in [6, 6.07) is 4.42. The number of hydrogen-bond acceptors (Lipinski definition) is 4. The van der Waals surface area contributed by atoms with Crippen molar-refractivity contribution in [1.82, 2.24) is 0 Å². The average molecular weight is 460 g/mol. The van der Waals surface area contributed by atoms with E-state index in [1.165, 1.54) is 0 Å². The Balaban J connectivity index is 1.79. The molecule has 29 heavy (non-hydrogen) atoms. The minimum absolute atomic E-state index is 0.0878. The van der Waals surface area contributed by atoms with Crippen LogP contribution in [-0.2, 0) is 9.53 Å². The summed E-state index contributed by atoms with van der Waals surface area (Å²) >= 11 is 3.59. The minimum atomic E-state index is 0.0878. The van der Waals surface area contributed by atoms with Gasteiger partial charge in [0.05, 0.1) is 0 Å². The first kappa shape index (κ1) is 22.0. The van der Waals surface area contributed by atoms with Gasteiger partial charge >= 0.3 is 0 Å². The summed E-state index contributed by atoms with van der Waals surface area (Å²) in [6.07, 6.45) is 5.37. The van der Waals surface area contributed by atoms with Gasteiger partial charge in [0.2, 0.25) is 0 Å². The van der Waals surface area contributed by atoms with E-state index in [4.69, 9.17) is 4.74 Å². The fourth-order valence-corrected chi connectivity index (χ4v) is 4.83. The molecule has 0 atom stereocenters. The molecule has 1 fully saturated rings. The quantitative estimate of drug-likeness (QED) is 0.521. The average Bonchev–Trinajstić information content (AvgIpc) is 2.68. The van der Waals surface area contributed by atoms with Crippen LogP contribution in [0.25, 0.3) is 0 Å². The predicted molar refractivity (Wildman–Crippen MR) is 121 cm³/mol. The number of allylic oxidation sites excluding steroid dienone is 4. The second kappa shape index (κ2) is 9.40. The van der Waals surface area contributed by atoms with Crippen LogP contribution in [0, 0.1) is 6.92 Å². The van der Waals surface area contributed by atoms with E-state index < -0.39 is 0 Å². The number of halogens is 1. The Hall–Kier alpha value is -1.72. The van der Waals surface area contributed by atoms with Crippen molar-refractivity contribution in [3.05, 3.63) is 50.5 Å². The molecule has 1 aromatic carbocycles. The molecular formula is C24H30BrNO3. The maximum atomic E-state index is 13.1. The summed E-state index contributed by atoms with van der Waals surface area (Å²) < 4.78 is 6.39. The van der Waals surface area contributed by atoms with Gasteiger partial charge in [0.25, 0.3) is 0 Å². The highest BCUT2D eigenvalue weighted by atomic mass is 79.9. The van der Waals surface area contributed by atoms with E-state index >= 15 is 0 Å². The molecule has 0 bridgehead atoms. The Bertz CT molecular complexity index is 878. The number of benzene rings is 1. The second-order valence-electron chi connectivity index (χ2n) is 8.23. The first-order chi connectivity index (χ1) is 13.8. The van der Waals surface area contributed by atoms with Gasteiger partial charge < -0.3 is 9.64 Å². The van der Waals surface area contributed by atoms with Gasteiger partial charge in [0, 0.05) is 54.9 Å². The van der Waals surface area contributed by atoms with E-state index in [-0.39, 0.29) is 11.6 Å². The van der Waals surface area contributed by atoms with E-state index in [1.807, 2.05) is 26.8 Å². The summed E-state index contributed by atoms with van der Waals surface area (Å²) in [5.41, 5.74) is 5.71. The van der Waals surface area contributed by atoms with Crippen LogP contribution >= 0.6 is 15.9 Å². The molecule has 0 amide bonds. The molecule has 156 valence electrons. The number of anilines is 1. The van der Waals surface area contributed by atoms with Gasteiger partial charge in [-0.2, -0.15) is 0 Å². The van der Waals surface area contributed by atoms with Gasteiger partial charge in [-0.05, 0) is 68.9 Å². The Morgan fingerprint density at radius 2 is 1.90 bits per heavy atom. The number of ketones is 2. The molecule has 2 aliphatic rings. The Kier molecular flexibility index (Phi) is 7.12. The van der Waals surface area contributed by atoms with Crippen LogP contribution in [0.3, 0.4) is 0 Å². The highest BCUT2D eigenvalue weighted by Gasteiger charge is 2.24. The van der Waals surface area contributed by atoms with Gasteiger partial charge in [0.1, 0.15) is 0 Å². The molecule has 0 N–H and O–H groups in total. The zero-order chi connectivity index (χ0) is 21.1. The first-order valence-electron chi connectivity index (χ1n) is 10.3. The molecule has 5 heteroatoms. The molecular weight excluding hydrogens is 430 g/mol. The number of ether oxygens (including phenoxy) is 1. The summed E-state index contributed by atoms with van der Waals surface area (Å²) in [4.78, 5) is 27.7. The van der Waals surface area contributed by atoms with Crippen molar-refractivity contribution in [3.63, 3.8) is 0 Å². The molecule has 0 radical (unpaired) electrons. The smallest absolute Gasteiger partial charge is 0.163 e. The third-order valence-corrected chi connectivity index (χ3v) is 6.54. The minimum Gasteiger partial charge on any atom is -0.381 e. The highest BCUT2D eigenvalue weighted by Crippen LogP contribution is 2.32. The molecule has 0 saturated carbocycles. The molecule has 1 aliphatic carbocycles. The Morgan fingerprint density at radius 1 is 1.21 bits per heavy atom. The molecule has 1 saturated heterocycles. The molecule has 1 aromatic rings. The Labute approximate surface area is 182 Å². The van der Waals surface area contributed by atoms with Crippen LogP contribution in [-0.4, -0.2) is 37.9 Å². The lowest BCUT2D eigenvalue weighted by Gasteiger charge is -2.34. The maximum absolute atomic E-state index is 13.1. The summed E-state index contributed by atoms with van der Waals surface area (Å²) in [7, 11) is 2.10. The van der Waals surface area contributed by atoms with Crippen molar-refractivity contribution in [2.24, 2.45) is 0 Å². The topological polar surface area (TPSA) is 46.6 Å². The molecule has 4 nitrogen and oxygen atoms in total. The lowest BCUT2D eigenvalue weighted by molar-refractivity contribution is -0.115. The molecule has 0 spiro atoms. The lowest BCUT2D eigenvalue weighted by Crippen LogP contribution is -2.37. The van der Waals surface area contributed by atoms with Crippen molar-refractivity contribution in [2.75, 3.05) is 25.2 Å². The fourth-order valence-electron chi connectivity index (χ4n) is 4.39. The van der Waals surface area contributed by atoms with Gasteiger partial charge in [-0.3, -0.25) is 9.59 Å². The molecule has 1 heterocycles. The van der Waals surface area contributed by atoms with Crippen molar-refractivity contribution in [3.8, 4) is 0 Å². The lowest BCUT2D eigenvalue weighted by atomic mass is 9.88. The maximum Gasteiger partial charge on any atom is 0.163 e. The first-order valence-corrected chi connectivity index (χ1v) is 11.1. The van der Waals surface area contributed by atoms with Crippen molar-refractivity contribution < 1.29 is 14.3 Å². The van der Waals surface area contributed by atoms with E-state index in [0.717, 1.165) is 64.1 Å². The SMILES string of the molecule is CC1=CC(C)=C(CCC(=O)c2cc(Br)cc(N(C)C3CCOCC3)c2C)C(=O)C1. The number of Topliss-reactive ketones (excluding diaryl/α,β-unsaturated/α-hetero) is 2. The predicted octanol–water partition coefficient (Wildman–Crippen LogP) is 5.57. The number of rotatable bonds is 6. The second-order valence-corrected chi connectivity index (χ2v) is 9.14. The van der Waals surface area contributed by atoms with Crippen molar-refractivity contribution >= 4 is 33.2 Å².